The third-order valence-electron chi connectivity index (χ3n) is 24.5. The van der Waals surface area contributed by atoms with E-state index >= 15 is 0 Å². The van der Waals surface area contributed by atoms with Crippen LogP contribution in [0.5, 0.6) is 0 Å². The molecule has 0 radical (unpaired) electrons. The zero-order chi connectivity index (χ0) is 89.1. The zero-order valence-electron chi connectivity index (χ0n) is 79.8. The average Bonchev–Trinajstić information content (AvgIpc) is 1.64. The highest BCUT2D eigenvalue weighted by molar-refractivity contribution is 7.00. The molecule has 16 aromatic rings. The van der Waals surface area contributed by atoms with Gasteiger partial charge in [0.2, 0.25) is 0 Å². The molecular weight excluding hydrogens is 1410 g/mol. The van der Waals surface area contributed by atoms with Crippen LogP contribution in [0.3, 0.4) is 0 Å². The van der Waals surface area contributed by atoms with Crippen LogP contribution in [0.4, 0.5) is 34.1 Å². The Labute approximate surface area is 706 Å². The lowest BCUT2D eigenvalue weighted by molar-refractivity contribution is 0.569. The Morgan fingerprint density at radius 1 is 0.274 bits per heavy atom. The summed E-state index contributed by atoms with van der Waals surface area (Å²) < 4.78 is 83.5. The van der Waals surface area contributed by atoms with E-state index in [1.807, 2.05) is 0 Å². The minimum Gasteiger partial charge on any atom is -0.310 e. The van der Waals surface area contributed by atoms with Crippen LogP contribution in [0.25, 0.3) is 111 Å². The van der Waals surface area contributed by atoms with Gasteiger partial charge in [0.25, 0.3) is 6.71 Å². The molecule has 582 valence electrons. The summed E-state index contributed by atoms with van der Waals surface area (Å²) in [5.41, 5.74) is 26.7. The Morgan fingerprint density at radius 2 is 0.667 bits per heavy atom. The molecule has 0 unspecified atom stereocenters. The maximum absolute atomic E-state index is 10.4. The number of benzene rings is 13. The van der Waals surface area contributed by atoms with Crippen LogP contribution in [0.15, 0.2) is 285 Å². The fourth-order valence-corrected chi connectivity index (χ4v) is 17.8. The van der Waals surface area contributed by atoms with E-state index in [-0.39, 0.29) is 54.3 Å². The Morgan fingerprint density at radius 3 is 1.11 bits per heavy atom. The first-order valence-corrected chi connectivity index (χ1v) is 41.6. The number of rotatable bonds is 9. The second-order valence-corrected chi connectivity index (χ2v) is 40.0. The molecule has 5 nitrogen and oxygen atoms in total. The molecule has 0 bridgehead atoms. The molecule has 0 saturated heterocycles. The number of anilines is 6. The molecule has 0 N–H and O–H groups in total. The predicted molar refractivity (Wildman–Crippen MR) is 505 cm³/mol. The van der Waals surface area contributed by atoms with Gasteiger partial charge in [0.1, 0.15) is 0 Å². The molecule has 6 heteroatoms. The summed E-state index contributed by atoms with van der Waals surface area (Å²) in [5, 5.41) is 2.25. The number of hydrogen-bond acceptors (Lipinski definition) is 3. The van der Waals surface area contributed by atoms with Gasteiger partial charge in [0, 0.05) is 83.3 Å². The van der Waals surface area contributed by atoms with Crippen molar-refractivity contribution in [1.29, 1.82) is 0 Å². The highest BCUT2D eigenvalue weighted by Gasteiger charge is 2.47. The number of nitrogens with zero attached hydrogens (tertiary/aromatic N) is 5. The van der Waals surface area contributed by atoms with Gasteiger partial charge in [-0.25, -0.2) is 0 Å². The summed E-state index contributed by atoms with van der Waals surface area (Å²) >= 11 is 0. The summed E-state index contributed by atoms with van der Waals surface area (Å²) in [6, 6.07) is 84.0. The molecule has 0 atom stereocenters. The van der Waals surface area contributed by atoms with Gasteiger partial charge in [-0.1, -0.05) is 327 Å². The molecule has 117 heavy (non-hydrogen) atoms. The first-order valence-electron chi connectivity index (χ1n) is 45.6. The fourth-order valence-electron chi connectivity index (χ4n) is 17.8. The van der Waals surface area contributed by atoms with E-state index in [0.29, 0.717) is 11.4 Å². The third kappa shape index (κ3) is 13.3. The Balaban J connectivity index is 1.12. The minimum absolute atomic E-state index is 0.00800. The molecule has 0 aliphatic carbocycles. The van der Waals surface area contributed by atoms with Crippen LogP contribution in [-0.2, 0) is 37.9 Å². The molecule has 2 aliphatic heterocycles. The van der Waals surface area contributed by atoms with Gasteiger partial charge in [-0.05, 0) is 213 Å². The van der Waals surface area contributed by atoms with E-state index < -0.39 is 60.5 Å². The lowest BCUT2D eigenvalue weighted by Crippen LogP contribution is -2.61. The smallest absolute Gasteiger partial charge is 0.252 e. The van der Waals surface area contributed by atoms with Crippen molar-refractivity contribution in [2.45, 2.75) is 183 Å². The van der Waals surface area contributed by atoms with Gasteiger partial charge >= 0.3 is 0 Å². The molecule has 0 amide bonds. The predicted octanol–water partition coefficient (Wildman–Crippen LogP) is 28.8. The highest BCUT2D eigenvalue weighted by Crippen LogP contribution is 2.56. The lowest BCUT2D eigenvalue weighted by Gasteiger charge is -2.46. The van der Waals surface area contributed by atoms with Gasteiger partial charge in [-0.15, -0.1) is 0 Å². The van der Waals surface area contributed by atoms with E-state index in [1.54, 1.807) is 4.57 Å². The van der Waals surface area contributed by atoms with E-state index in [0.717, 1.165) is 145 Å². The van der Waals surface area contributed by atoms with Crippen LogP contribution >= 0.6 is 0 Å². The minimum atomic E-state index is -0.579. The van der Waals surface area contributed by atoms with Crippen molar-refractivity contribution in [3.63, 3.8) is 0 Å². The van der Waals surface area contributed by atoms with Crippen molar-refractivity contribution < 1.29 is 11.0 Å². The van der Waals surface area contributed by atoms with E-state index in [1.165, 1.54) is 22.3 Å². The third-order valence-corrected chi connectivity index (χ3v) is 24.5. The van der Waals surface area contributed by atoms with Gasteiger partial charge < -0.3 is 18.9 Å². The molecule has 13 aromatic carbocycles. The quantitative estimate of drug-likeness (QED) is 0.135. The summed E-state index contributed by atoms with van der Waals surface area (Å²) in [6.45, 7) is 47.1. The van der Waals surface area contributed by atoms with Gasteiger partial charge in [-0.3, -0.25) is 4.98 Å². The van der Waals surface area contributed by atoms with E-state index in [9.17, 15) is 11.0 Å². The molecular formula is C111H110BN5. The van der Waals surface area contributed by atoms with Gasteiger partial charge in [-0.2, -0.15) is 0 Å². The molecule has 0 fully saturated rings. The zero-order valence-corrected chi connectivity index (χ0v) is 71.8. The first-order chi connectivity index (χ1) is 58.8. The van der Waals surface area contributed by atoms with Crippen molar-refractivity contribution in [2.24, 2.45) is 0 Å². The fraction of sp³-hybridized carbons (Fsp3) is 0.252. The number of aromatic nitrogens is 3. The monoisotopic (exact) mass is 1530 g/mol. The molecule has 5 heterocycles. The van der Waals surface area contributed by atoms with Crippen LogP contribution in [0, 0.1) is 0 Å². The Kier molecular flexibility index (Phi) is 15.8. The maximum Gasteiger partial charge on any atom is 0.252 e. The largest absolute Gasteiger partial charge is 0.310 e. The van der Waals surface area contributed by atoms with Crippen LogP contribution in [0.1, 0.15) is 195 Å². The standard InChI is InChI=1S/C111H110BN5/c1-105(2,3)74-49-54-95-87(60-74)88-61-75(106(4,5)6)50-55-96(88)114(95)80-51-53-91-98(66-80)117(104-86(71-40-29-24-30-41-71)64-79(110(16,17)18)65-89(104)92-44-35-47-101(113-92)111(19,20)21)100-68-81(115-93-45-33-31-42-82(93)83-43-32-34-46-94(83)115)67-99-102(100)112(91)90-52-48-72(73-56-76(107(7,8)9)59-77(57-73)108(10,11)12)58-97(90)116(99)103-84(69-36-25-22-26-37-69)62-78(109(13,14)15)63-85(103)70-38-27-23-28-39-70/h22-68H,1-21H3/i31D,32D,33D,34D,42D,43D,45D,46D. The van der Waals surface area contributed by atoms with Crippen molar-refractivity contribution in [3.8, 4) is 67.1 Å². The molecule has 18 rings (SSSR count). The van der Waals surface area contributed by atoms with Gasteiger partial charge in [0.05, 0.1) is 55.8 Å². The first kappa shape index (κ1) is 67.4. The number of pyridine rings is 1. The lowest BCUT2D eigenvalue weighted by atomic mass is 9.33. The van der Waals surface area contributed by atoms with Crippen molar-refractivity contribution in [3.05, 3.63) is 324 Å². The number of para-hydroxylation sites is 2. The average molecular weight is 1530 g/mol. The summed E-state index contributed by atoms with van der Waals surface area (Å²) in [4.78, 5) is 10.8. The molecule has 2 aliphatic rings. The van der Waals surface area contributed by atoms with Gasteiger partial charge in [0.15, 0.2) is 0 Å². The van der Waals surface area contributed by atoms with E-state index in [2.05, 4.69) is 396 Å². The molecule has 0 spiro atoms. The summed E-state index contributed by atoms with van der Waals surface area (Å²) in [5.74, 6) is 0. The Hall–Kier alpha value is -11.7. The topological polar surface area (TPSA) is 29.2 Å². The second-order valence-electron chi connectivity index (χ2n) is 40.0. The van der Waals surface area contributed by atoms with Crippen molar-refractivity contribution in [2.75, 3.05) is 9.80 Å². The summed E-state index contributed by atoms with van der Waals surface area (Å²) in [7, 11) is 0. The maximum atomic E-state index is 10.4. The van der Waals surface area contributed by atoms with Crippen molar-refractivity contribution in [1.82, 2.24) is 14.1 Å². The number of fused-ring (bicyclic) bond motifs is 10. The van der Waals surface area contributed by atoms with Crippen LogP contribution in [-0.4, -0.2) is 20.8 Å². The highest BCUT2D eigenvalue weighted by atomic mass is 15.2. The SMILES string of the molecule is [2H]c1c([2H])c([2H])c2c(c1[2H])c1c([2H])c([2H])c([2H])c([2H])c1n2-c1cc2c3c(c1)N(c1c(-c4ccccc4)cc(C(C)(C)C)cc1-c1cccc(C(C)(C)C)n1)c1cc(-n4c5ccc(C(C)(C)C)cc5c5cc(C(C)(C)C)ccc54)ccc1B3c1ccc(-c3cc(C(C)(C)C)cc(C(C)(C)C)c3)cc1N2c1c(-c2ccccc2)cc(C(C)(C)C)cc1-c1ccccc1. The van der Waals surface area contributed by atoms with Crippen molar-refractivity contribution >= 4 is 101 Å². The molecule has 0 saturated carbocycles. The van der Waals surface area contributed by atoms with E-state index in [4.69, 9.17) is 4.98 Å². The number of hydrogen-bond donors (Lipinski definition) is 0. The summed E-state index contributed by atoms with van der Waals surface area (Å²) in [6.07, 6.45) is 0. The Bertz CT molecular complexity index is 6930. The normalized spacial score (nSPS) is 14.4. The van der Waals surface area contributed by atoms with Crippen LogP contribution in [0.2, 0.25) is 0 Å². The second kappa shape index (κ2) is 27.5. The molecule has 3 aromatic heterocycles. The van der Waals surface area contributed by atoms with Crippen LogP contribution < -0.4 is 26.2 Å².